The van der Waals surface area contributed by atoms with Gasteiger partial charge in [-0.3, -0.25) is 9.80 Å². The Balaban J connectivity index is 1.73. The molecule has 0 aromatic carbocycles. The molecule has 2 aliphatic heterocycles. The third-order valence-electron chi connectivity index (χ3n) is 4.03. The van der Waals surface area contributed by atoms with Gasteiger partial charge in [-0.05, 0) is 13.8 Å². The maximum atomic E-state index is 10.2. The summed E-state index contributed by atoms with van der Waals surface area (Å²) in [5, 5.41) is 10.2. The lowest BCUT2D eigenvalue weighted by Crippen LogP contribution is -2.52. The Hall–Kier alpha value is -0.200. The number of aliphatic hydroxyl groups is 1. The van der Waals surface area contributed by atoms with Gasteiger partial charge in [0.15, 0.2) is 0 Å². The first-order valence-corrected chi connectivity index (χ1v) is 7.00. The van der Waals surface area contributed by atoms with E-state index in [-0.39, 0.29) is 12.2 Å². The standard InChI is InChI=1S/C13H26N2O3/c1-11-12(2)18-8-5-15(11)10-13(16)9-14-3-6-17-7-4-14/h11-13,16H,3-10H2,1-2H3. The van der Waals surface area contributed by atoms with E-state index in [1.165, 1.54) is 0 Å². The molecule has 0 amide bonds. The number of hydrogen-bond acceptors (Lipinski definition) is 5. The number of β-amino-alcohol motifs (C(OH)–C–C–N with tert-alkyl or cyclic N) is 1. The van der Waals surface area contributed by atoms with Crippen molar-refractivity contribution in [3.8, 4) is 0 Å². The lowest BCUT2D eigenvalue weighted by Gasteiger charge is -2.39. The molecule has 0 aromatic rings. The van der Waals surface area contributed by atoms with Gasteiger partial charge in [-0.15, -0.1) is 0 Å². The van der Waals surface area contributed by atoms with Crippen molar-refractivity contribution in [3.05, 3.63) is 0 Å². The molecule has 0 radical (unpaired) electrons. The molecule has 2 heterocycles. The monoisotopic (exact) mass is 258 g/mol. The molecule has 3 atom stereocenters. The van der Waals surface area contributed by atoms with Crippen molar-refractivity contribution in [1.82, 2.24) is 9.80 Å². The minimum Gasteiger partial charge on any atom is -0.390 e. The lowest BCUT2D eigenvalue weighted by atomic mass is 10.1. The lowest BCUT2D eigenvalue weighted by molar-refractivity contribution is -0.0714. The zero-order valence-corrected chi connectivity index (χ0v) is 11.5. The van der Waals surface area contributed by atoms with Crippen LogP contribution in [0.15, 0.2) is 0 Å². The molecule has 2 fully saturated rings. The van der Waals surface area contributed by atoms with E-state index in [1.54, 1.807) is 0 Å². The van der Waals surface area contributed by atoms with Crippen LogP contribution >= 0.6 is 0 Å². The first-order valence-electron chi connectivity index (χ1n) is 7.00. The summed E-state index contributed by atoms with van der Waals surface area (Å²) in [5.41, 5.74) is 0. The number of nitrogens with zero attached hydrogens (tertiary/aromatic N) is 2. The summed E-state index contributed by atoms with van der Waals surface area (Å²) in [7, 11) is 0. The fourth-order valence-corrected chi connectivity index (χ4v) is 2.66. The molecule has 5 nitrogen and oxygen atoms in total. The first-order chi connectivity index (χ1) is 8.66. The Morgan fingerprint density at radius 2 is 1.83 bits per heavy atom. The van der Waals surface area contributed by atoms with Gasteiger partial charge in [0.1, 0.15) is 0 Å². The second-order valence-electron chi connectivity index (χ2n) is 5.38. The van der Waals surface area contributed by atoms with Gasteiger partial charge < -0.3 is 14.6 Å². The van der Waals surface area contributed by atoms with Crippen LogP contribution in [-0.4, -0.2) is 85.7 Å². The van der Waals surface area contributed by atoms with E-state index in [2.05, 4.69) is 23.6 Å². The summed E-state index contributed by atoms with van der Waals surface area (Å²) in [6.45, 7) is 10.9. The molecule has 2 aliphatic rings. The molecular formula is C13H26N2O3. The van der Waals surface area contributed by atoms with Crippen LogP contribution in [0, 0.1) is 0 Å². The second kappa shape index (κ2) is 6.82. The highest BCUT2D eigenvalue weighted by Crippen LogP contribution is 2.14. The van der Waals surface area contributed by atoms with Crippen LogP contribution in [0.25, 0.3) is 0 Å². The first kappa shape index (κ1) is 14.2. The van der Waals surface area contributed by atoms with Crippen LogP contribution in [-0.2, 0) is 9.47 Å². The van der Waals surface area contributed by atoms with Crippen molar-refractivity contribution in [2.24, 2.45) is 0 Å². The number of morpholine rings is 2. The van der Waals surface area contributed by atoms with Gasteiger partial charge in [-0.1, -0.05) is 0 Å². The Labute approximate surface area is 110 Å². The van der Waals surface area contributed by atoms with Gasteiger partial charge in [0, 0.05) is 38.8 Å². The molecule has 0 saturated carbocycles. The average Bonchev–Trinajstić information content (AvgIpc) is 2.36. The van der Waals surface area contributed by atoms with E-state index in [9.17, 15) is 5.11 Å². The highest BCUT2D eigenvalue weighted by atomic mass is 16.5. The van der Waals surface area contributed by atoms with Crippen LogP contribution in [0.3, 0.4) is 0 Å². The minimum absolute atomic E-state index is 0.259. The Morgan fingerprint density at radius 3 is 2.56 bits per heavy atom. The van der Waals surface area contributed by atoms with Gasteiger partial charge in [0.05, 0.1) is 32.0 Å². The van der Waals surface area contributed by atoms with E-state index in [4.69, 9.17) is 9.47 Å². The van der Waals surface area contributed by atoms with Crippen LogP contribution in [0.2, 0.25) is 0 Å². The number of hydrogen-bond donors (Lipinski definition) is 1. The molecule has 2 saturated heterocycles. The van der Waals surface area contributed by atoms with Crippen LogP contribution in [0.4, 0.5) is 0 Å². The summed E-state index contributed by atoms with van der Waals surface area (Å²) < 4.78 is 10.9. The Kier molecular flexibility index (Phi) is 5.38. The van der Waals surface area contributed by atoms with Crippen molar-refractivity contribution in [1.29, 1.82) is 0 Å². The van der Waals surface area contributed by atoms with E-state index < -0.39 is 0 Å². The summed E-state index contributed by atoms with van der Waals surface area (Å²) >= 11 is 0. The van der Waals surface area contributed by atoms with Gasteiger partial charge in [0.25, 0.3) is 0 Å². The van der Waals surface area contributed by atoms with E-state index in [1.807, 2.05) is 0 Å². The maximum Gasteiger partial charge on any atom is 0.0793 e. The summed E-state index contributed by atoms with van der Waals surface area (Å²) in [6, 6.07) is 0.387. The quantitative estimate of drug-likeness (QED) is 0.756. The molecule has 18 heavy (non-hydrogen) atoms. The van der Waals surface area contributed by atoms with Gasteiger partial charge in [0.2, 0.25) is 0 Å². The molecule has 106 valence electrons. The van der Waals surface area contributed by atoms with Crippen molar-refractivity contribution in [2.45, 2.75) is 32.1 Å². The predicted molar refractivity (Wildman–Crippen MR) is 69.7 cm³/mol. The van der Waals surface area contributed by atoms with E-state index in [0.29, 0.717) is 6.04 Å². The maximum absolute atomic E-state index is 10.2. The third kappa shape index (κ3) is 3.90. The Bertz CT molecular complexity index is 246. The smallest absolute Gasteiger partial charge is 0.0793 e. The van der Waals surface area contributed by atoms with Crippen molar-refractivity contribution >= 4 is 0 Å². The van der Waals surface area contributed by atoms with Gasteiger partial charge in [-0.2, -0.15) is 0 Å². The predicted octanol–water partition coefficient (Wildman–Crippen LogP) is -0.211. The van der Waals surface area contributed by atoms with Crippen LogP contribution in [0.1, 0.15) is 13.8 Å². The number of ether oxygens (including phenoxy) is 2. The summed E-state index contributed by atoms with van der Waals surface area (Å²) in [4.78, 5) is 4.61. The van der Waals surface area contributed by atoms with Crippen LogP contribution < -0.4 is 0 Å². The largest absolute Gasteiger partial charge is 0.390 e. The molecule has 1 N–H and O–H groups in total. The van der Waals surface area contributed by atoms with E-state index >= 15 is 0 Å². The molecule has 0 aliphatic carbocycles. The van der Waals surface area contributed by atoms with Gasteiger partial charge in [-0.25, -0.2) is 0 Å². The highest BCUT2D eigenvalue weighted by Gasteiger charge is 2.27. The highest BCUT2D eigenvalue weighted by molar-refractivity contribution is 4.80. The van der Waals surface area contributed by atoms with Crippen molar-refractivity contribution in [3.63, 3.8) is 0 Å². The molecule has 2 rings (SSSR count). The zero-order chi connectivity index (χ0) is 13.0. The van der Waals surface area contributed by atoms with Crippen molar-refractivity contribution < 1.29 is 14.6 Å². The summed E-state index contributed by atoms with van der Waals surface area (Å²) in [6.07, 6.45) is -0.0230. The van der Waals surface area contributed by atoms with Gasteiger partial charge >= 0.3 is 0 Å². The number of aliphatic hydroxyl groups excluding tert-OH is 1. The minimum atomic E-state index is -0.282. The fraction of sp³-hybridized carbons (Fsp3) is 1.00. The Morgan fingerprint density at radius 1 is 1.11 bits per heavy atom. The SMILES string of the molecule is CC1OCCN(CC(O)CN2CCOCC2)C1C. The molecule has 0 aromatic heterocycles. The topological polar surface area (TPSA) is 45.2 Å². The van der Waals surface area contributed by atoms with Crippen molar-refractivity contribution in [2.75, 3.05) is 52.5 Å². The molecule has 3 unspecified atom stereocenters. The third-order valence-corrected chi connectivity index (χ3v) is 4.03. The molecule has 0 bridgehead atoms. The zero-order valence-electron chi connectivity index (χ0n) is 11.5. The molecular weight excluding hydrogens is 232 g/mol. The van der Waals surface area contributed by atoms with E-state index in [0.717, 1.165) is 52.5 Å². The second-order valence-corrected chi connectivity index (χ2v) is 5.38. The van der Waals surface area contributed by atoms with Crippen LogP contribution in [0.5, 0.6) is 0 Å². The number of rotatable bonds is 4. The normalized spacial score (nSPS) is 33.5. The fourth-order valence-electron chi connectivity index (χ4n) is 2.66. The average molecular weight is 258 g/mol. The molecule has 0 spiro atoms. The summed E-state index contributed by atoms with van der Waals surface area (Å²) in [5.74, 6) is 0. The molecule has 5 heteroatoms.